The van der Waals surface area contributed by atoms with Crippen LogP contribution in [-0.2, 0) is 11.3 Å². The molecule has 0 bridgehead atoms. The summed E-state index contributed by atoms with van der Waals surface area (Å²) in [6.45, 7) is 4.14. The molecule has 37 heavy (non-hydrogen) atoms. The van der Waals surface area contributed by atoms with E-state index in [-0.39, 0.29) is 41.0 Å². The Morgan fingerprint density at radius 1 is 1.30 bits per heavy atom. The first-order valence-corrected chi connectivity index (χ1v) is 12.1. The number of carbonyl (C=O) groups excluding carboxylic acids is 2. The number of ether oxygens (including phenoxy) is 1. The highest BCUT2D eigenvalue weighted by Crippen LogP contribution is 2.42. The number of hydrogen-bond donors (Lipinski definition) is 3. The van der Waals surface area contributed by atoms with Crippen molar-refractivity contribution < 1.29 is 19.4 Å². The molecule has 3 N–H and O–H groups in total. The van der Waals surface area contributed by atoms with Gasteiger partial charge in [-0.3, -0.25) is 14.6 Å². The van der Waals surface area contributed by atoms with Gasteiger partial charge in [0.2, 0.25) is 11.9 Å². The van der Waals surface area contributed by atoms with Gasteiger partial charge in [0.25, 0.3) is 0 Å². The minimum atomic E-state index is -0.343. The number of rotatable bonds is 8. The lowest BCUT2D eigenvalue weighted by Crippen LogP contribution is -2.49. The maximum atomic E-state index is 13.7. The first-order chi connectivity index (χ1) is 17.9. The highest BCUT2D eigenvalue weighted by atomic mass is 35.5. The van der Waals surface area contributed by atoms with Crippen molar-refractivity contribution >= 4 is 52.4 Å². The molecule has 0 spiro atoms. The fourth-order valence-electron chi connectivity index (χ4n) is 4.11. The topological polar surface area (TPSA) is 120 Å². The van der Waals surface area contributed by atoms with E-state index < -0.39 is 0 Å². The predicted molar refractivity (Wildman–Crippen MR) is 142 cm³/mol. The normalized spacial score (nSPS) is 14.7. The van der Waals surface area contributed by atoms with E-state index in [2.05, 4.69) is 27.2 Å². The molecule has 1 aromatic heterocycles. The summed E-state index contributed by atoms with van der Waals surface area (Å²) in [5.41, 5.74) is 2.19. The number of amides is 3. The smallest absolute Gasteiger partial charge is 0.330 e. The Kier molecular flexibility index (Phi) is 6.58. The first kappa shape index (κ1) is 24.4. The second-order valence-corrected chi connectivity index (χ2v) is 9.19. The zero-order chi connectivity index (χ0) is 26.1. The van der Waals surface area contributed by atoms with Crippen LogP contribution in [0.4, 0.5) is 33.6 Å². The summed E-state index contributed by atoms with van der Waals surface area (Å²) in [6, 6.07) is 9.67. The Morgan fingerprint density at radius 2 is 2.05 bits per heavy atom. The highest BCUT2D eigenvalue weighted by molar-refractivity contribution is 6.35. The number of methoxy groups -OCH3 is 1. The molecule has 10 nitrogen and oxygen atoms in total. The minimum absolute atomic E-state index is 0.0680. The Hall–Kier alpha value is -4.31. The molecule has 11 heteroatoms. The number of urea groups is 1. The second-order valence-electron chi connectivity index (χ2n) is 8.81. The summed E-state index contributed by atoms with van der Waals surface area (Å²) in [5, 5.41) is 16.3. The lowest BCUT2D eigenvalue weighted by Gasteiger charge is -2.36. The number of nitrogens with one attached hydrogen (secondary N) is 2. The van der Waals surface area contributed by atoms with Crippen molar-refractivity contribution in [2.45, 2.75) is 19.4 Å². The van der Waals surface area contributed by atoms with Crippen LogP contribution in [-0.4, -0.2) is 40.7 Å². The second kappa shape index (κ2) is 9.98. The molecule has 3 aromatic rings. The van der Waals surface area contributed by atoms with E-state index in [0.717, 1.165) is 18.4 Å². The molecular weight excluding hydrogens is 496 g/mol. The predicted octanol–water partition coefficient (Wildman–Crippen LogP) is 5.07. The Bertz CT molecular complexity index is 1390. The molecule has 1 saturated carbocycles. The van der Waals surface area contributed by atoms with Crippen LogP contribution in [0.2, 0.25) is 5.02 Å². The quantitative estimate of drug-likeness (QED) is 0.355. The van der Waals surface area contributed by atoms with Gasteiger partial charge in [0, 0.05) is 30.4 Å². The van der Waals surface area contributed by atoms with Crippen LogP contribution in [0.15, 0.2) is 55.3 Å². The molecular formula is C26H25ClN6O4. The molecule has 190 valence electrons. The van der Waals surface area contributed by atoms with Crippen molar-refractivity contribution in [3.05, 3.63) is 65.8 Å². The minimum Gasteiger partial charge on any atom is -0.508 e. The number of phenols is 1. The molecule has 0 saturated heterocycles. The van der Waals surface area contributed by atoms with Crippen LogP contribution in [0.1, 0.15) is 18.4 Å². The molecule has 2 aromatic carbocycles. The number of anilines is 5. The lowest BCUT2D eigenvalue weighted by atomic mass is 10.1. The number of phenolic OH excluding ortho intramolecular Hbond substituents is 1. The van der Waals surface area contributed by atoms with Crippen molar-refractivity contribution in [3.63, 3.8) is 0 Å². The number of para-hydroxylation sites is 2. The van der Waals surface area contributed by atoms with Crippen LogP contribution in [0, 0.1) is 5.92 Å². The van der Waals surface area contributed by atoms with Gasteiger partial charge in [0.1, 0.15) is 22.3 Å². The zero-order valence-corrected chi connectivity index (χ0v) is 20.8. The number of hydrogen-bond acceptors (Lipinski definition) is 7. The molecule has 1 aliphatic heterocycles. The number of aromatic hydroxyl groups is 1. The average Bonchev–Trinajstić information content (AvgIpc) is 3.72. The van der Waals surface area contributed by atoms with E-state index in [1.807, 2.05) is 6.07 Å². The van der Waals surface area contributed by atoms with E-state index in [1.165, 1.54) is 30.2 Å². The summed E-state index contributed by atoms with van der Waals surface area (Å²) in [6.07, 6.45) is 4.91. The molecule has 1 fully saturated rings. The van der Waals surface area contributed by atoms with Crippen LogP contribution in [0.5, 0.6) is 11.5 Å². The number of benzene rings is 2. The zero-order valence-electron chi connectivity index (χ0n) is 20.1. The van der Waals surface area contributed by atoms with E-state index in [0.29, 0.717) is 35.3 Å². The summed E-state index contributed by atoms with van der Waals surface area (Å²) < 4.78 is 5.27. The van der Waals surface area contributed by atoms with Crippen LogP contribution >= 0.6 is 11.6 Å². The number of fused-ring (bicyclic) bond motifs is 1. The summed E-state index contributed by atoms with van der Waals surface area (Å²) in [4.78, 5) is 37.8. The number of nitrogens with zero attached hydrogens (tertiary/aromatic N) is 4. The van der Waals surface area contributed by atoms with Gasteiger partial charge in [-0.15, -0.1) is 0 Å². The molecule has 0 atom stereocenters. The number of aromatic nitrogens is 2. The first-order valence-electron chi connectivity index (χ1n) is 11.7. The SMILES string of the molecule is C=CC(=O)Nc1ccccc1Nc1ncc2c(n1)N(CC1CC1)C(=O)N(c1cc(O)cc(OC)c1Cl)C2. The third kappa shape index (κ3) is 5.01. The Balaban J connectivity index is 1.50. The van der Waals surface area contributed by atoms with Gasteiger partial charge in [0.05, 0.1) is 30.7 Å². The Labute approximate surface area is 218 Å². The van der Waals surface area contributed by atoms with Crippen molar-refractivity contribution in [3.8, 4) is 11.5 Å². The van der Waals surface area contributed by atoms with Gasteiger partial charge < -0.3 is 20.5 Å². The fraction of sp³-hybridized carbons (Fsp3) is 0.231. The molecule has 0 radical (unpaired) electrons. The van der Waals surface area contributed by atoms with Gasteiger partial charge in [0.15, 0.2) is 0 Å². The third-order valence-corrected chi connectivity index (χ3v) is 6.54. The van der Waals surface area contributed by atoms with Gasteiger partial charge in [-0.1, -0.05) is 30.3 Å². The summed E-state index contributed by atoms with van der Waals surface area (Å²) in [7, 11) is 1.44. The monoisotopic (exact) mass is 520 g/mol. The highest BCUT2D eigenvalue weighted by Gasteiger charge is 2.38. The Morgan fingerprint density at radius 3 is 2.76 bits per heavy atom. The third-order valence-electron chi connectivity index (χ3n) is 6.16. The summed E-state index contributed by atoms with van der Waals surface area (Å²) in [5.74, 6) is 1.01. The van der Waals surface area contributed by atoms with Crippen molar-refractivity contribution in [1.29, 1.82) is 0 Å². The standard InChI is InChI=1S/C26H25ClN6O4/c1-3-22(35)29-18-6-4-5-7-19(18)30-25-28-12-16-14-32(20-10-17(34)11-21(37-2)23(20)27)26(36)33(24(16)31-25)13-15-8-9-15/h3-7,10-12,15,34H,1,8-9,13-14H2,2H3,(H,29,35)(H,28,30,31). The maximum Gasteiger partial charge on any atom is 0.330 e. The number of halogens is 1. The molecule has 2 heterocycles. The van der Waals surface area contributed by atoms with E-state index >= 15 is 0 Å². The molecule has 3 amide bonds. The van der Waals surface area contributed by atoms with Gasteiger partial charge in [-0.2, -0.15) is 4.98 Å². The van der Waals surface area contributed by atoms with E-state index in [4.69, 9.17) is 16.3 Å². The number of carbonyl (C=O) groups is 2. The molecule has 2 aliphatic rings. The molecule has 0 unspecified atom stereocenters. The van der Waals surface area contributed by atoms with E-state index in [9.17, 15) is 14.7 Å². The fourth-order valence-corrected chi connectivity index (χ4v) is 4.40. The lowest BCUT2D eigenvalue weighted by molar-refractivity contribution is -0.111. The van der Waals surface area contributed by atoms with Crippen LogP contribution in [0.3, 0.4) is 0 Å². The summed E-state index contributed by atoms with van der Waals surface area (Å²) >= 11 is 6.52. The van der Waals surface area contributed by atoms with Gasteiger partial charge in [-0.25, -0.2) is 9.78 Å². The van der Waals surface area contributed by atoms with Crippen molar-refractivity contribution in [1.82, 2.24) is 9.97 Å². The largest absolute Gasteiger partial charge is 0.508 e. The average molecular weight is 521 g/mol. The van der Waals surface area contributed by atoms with E-state index in [1.54, 1.807) is 29.3 Å². The van der Waals surface area contributed by atoms with Gasteiger partial charge in [-0.05, 0) is 37.0 Å². The maximum absolute atomic E-state index is 13.7. The molecule has 5 rings (SSSR count). The van der Waals surface area contributed by atoms with Crippen LogP contribution in [0.25, 0.3) is 0 Å². The van der Waals surface area contributed by atoms with Crippen LogP contribution < -0.4 is 25.2 Å². The van der Waals surface area contributed by atoms with Crippen molar-refractivity contribution in [2.75, 3.05) is 34.1 Å². The van der Waals surface area contributed by atoms with Crippen molar-refractivity contribution in [2.24, 2.45) is 5.92 Å². The van der Waals surface area contributed by atoms with Gasteiger partial charge >= 0.3 is 6.03 Å². The molecule has 1 aliphatic carbocycles.